The highest BCUT2D eigenvalue weighted by Gasteiger charge is 2.52. The van der Waals surface area contributed by atoms with Gasteiger partial charge in [-0.15, -0.1) is 0 Å². The number of hydrogen-bond acceptors (Lipinski definition) is 13. The first-order valence-corrected chi connectivity index (χ1v) is 10.2. The smallest absolute Gasteiger partial charge is 0.323 e. The van der Waals surface area contributed by atoms with Crippen LogP contribution in [0, 0.1) is 0 Å². The number of carbonyl (C=O) groups excluding carboxylic acids is 1. The van der Waals surface area contributed by atoms with E-state index in [1.54, 1.807) is 0 Å². The van der Waals surface area contributed by atoms with E-state index >= 15 is 0 Å². The molecule has 2 heterocycles. The van der Waals surface area contributed by atoms with Gasteiger partial charge < -0.3 is 65.7 Å². The van der Waals surface area contributed by atoms with E-state index in [1.165, 1.54) is 6.92 Å². The van der Waals surface area contributed by atoms with Gasteiger partial charge in [-0.25, -0.2) is 0 Å². The van der Waals surface area contributed by atoms with Crippen LogP contribution in [-0.4, -0.2) is 134 Å². The Morgan fingerprint density at radius 1 is 0.970 bits per heavy atom. The van der Waals surface area contributed by atoms with Crippen molar-refractivity contribution in [3.8, 4) is 0 Å². The molecule has 192 valence electrons. The normalized spacial score (nSPS) is 41.2. The standard InChI is InChI=1S/C18H32N2O13/c1-5(9(19)16(28)29)30-17-10(20-6(2)23)15(12(25)8(4-22)31-17)33-18-14(27)13(26)11(24)7(3-21)32-18/h5,7-15,17-18,21-22,24-27H,3-4,19H2,1-2H3,(H,20,23)(H,28,29)/t5-,7-,8-,9+,10-,11+,12+,13+,14-,15-,17-,18+/m1/s1. The third kappa shape index (κ3) is 6.34. The molecule has 10 N–H and O–H groups in total. The number of aliphatic carboxylic acids is 1. The lowest BCUT2D eigenvalue weighted by atomic mass is 9.95. The number of nitrogens with one attached hydrogen (secondary N) is 1. The summed E-state index contributed by atoms with van der Waals surface area (Å²) in [7, 11) is 0. The second-order valence-electron chi connectivity index (χ2n) is 7.95. The first-order chi connectivity index (χ1) is 15.4. The molecule has 2 aliphatic heterocycles. The molecule has 2 fully saturated rings. The van der Waals surface area contributed by atoms with E-state index in [0.29, 0.717) is 0 Å². The highest BCUT2D eigenvalue weighted by atomic mass is 16.7. The summed E-state index contributed by atoms with van der Waals surface area (Å²) in [6.07, 6.45) is -15.3. The van der Waals surface area contributed by atoms with Gasteiger partial charge in [0.25, 0.3) is 0 Å². The number of amides is 1. The van der Waals surface area contributed by atoms with Crippen LogP contribution >= 0.6 is 0 Å². The fraction of sp³-hybridized carbons (Fsp3) is 0.889. The molecule has 15 heteroatoms. The van der Waals surface area contributed by atoms with E-state index in [9.17, 15) is 40.2 Å². The zero-order valence-corrected chi connectivity index (χ0v) is 18.0. The molecule has 0 bridgehead atoms. The van der Waals surface area contributed by atoms with E-state index in [-0.39, 0.29) is 0 Å². The number of hydrogen-bond donors (Lipinski definition) is 9. The molecule has 0 spiro atoms. The minimum Gasteiger partial charge on any atom is -0.480 e. The zero-order chi connectivity index (χ0) is 25.0. The summed E-state index contributed by atoms with van der Waals surface area (Å²) < 4.78 is 22.0. The predicted molar refractivity (Wildman–Crippen MR) is 104 cm³/mol. The summed E-state index contributed by atoms with van der Waals surface area (Å²) in [5.74, 6) is -1.99. The SMILES string of the molecule is CC(=O)N[C@H]1[C@H](O[C@H](C)[C@H](N)C(=O)O)O[C@H](CO)[C@H](O)[C@@H]1O[C@@H]1O[C@H](CO)[C@H](O)[C@H](O)[C@H]1O. The van der Waals surface area contributed by atoms with Crippen molar-refractivity contribution >= 4 is 11.9 Å². The number of rotatable bonds is 9. The number of carboxylic acids is 1. The van der Waals surface area contributed by atoms with Crippen LogP contribution in [0.15, 0.2) is 0 Å². The van der Waals surface area contributed by atoms with Crippen molar-refractivity contribution in [2.45, 2.75) is 87.3 Å². The molecule has 0 aromatic rings. The molecule has 15 nitrogen and oxygen atoms in total. The maximum atomic E-state index is 11.8. The lowest BCUT2D eigenvalue weighted by molar-refractivity contribution is -0.347. The van der Waals surface area contributed by atoms with Crippen molar-refractivity contribution in [3.63, 3.8) is 0 Å². The monoisotopic (exact) mass is 484 g/mol. The third-order valence-corrected chi connectivity index (χ3v) is 5.50. The van der Waals surface area contributed by atoms with Crippen molar-refractivity contribution in [1.82, 2.24) is 5.32 Å². The molecule has 1 amide bonds. The Labute approximate surface area is 188 Å². The minimum atomic E-state index is -1.82. The van der Waals surface area contributed by atoms with Crippen molar-refractivity contribution in [2.24, 2.45) is 5.73 Å². The van der Waals surface area contributed by atoms with Gasteiger partial charge in [-0.3, -0.25) is 9.59 Å². The number of ether oxygens (including phenoxy) is 4. The average Bonchev–Trinajstić information content (AvgIpc) is 2.76. The summed E-state index contributed by atoms with van der Waals surface area (Å²) in [6.45, 7) is 1.01. The Morgan fingerprint density at radius 2 is 1.52 bits per heavy atom. The fourth-order valence-corrected chi connectivity index (χ4v) is 3.57. The molecular weight excluding hydrogens is 452 g/mol. The van der Waals surface area contributed by atoms with Crippen LogP contribution in [0.3, 0.4) is 0 Å². The Balaban J connectivity index is 2.32. The molecule has 2 rings (SSSR count). The lowest BCUT2D eigenvalue weighted by Crippen LogP contribution is -2.68. The van der Waals surface area contributed by atoms with Gasteiger partial charge >= 0.3 is 5.97 Å². The van der Waals surface area contributed by atoms with Crippen LogP contribution in [0.1, 0.15) is 13.8 Å². The Hall–Kier alpha value is -1.50. The quantitative estimate of drug-likeness (QED) is 0.148. The summed E-state index contributed by atoms with van der Waals surface area (Å²) >= 11 is 0. The number of aliphatic hydroxyl groups excluding tert-OH is 6. The highest BCUT2D eigenvalue weighted by Crippen LogP contribution is 2.30. The van der Waals surface area contributed by atoms with Gasteiger partial charge in [0.15, 0.2) is 12.6 Å². The van der Waals surface area contributed by atoms with Gasteiger partial charge in [-0.1, -0.05) is 0 Å². The van der Waals surface area contributed by atoms with Crippen LogP contribution in [-0.2, 0) is 28.5 Å². The van der Waals surface area contributed by atoms with Gasteiger partial charge in [0.05, 0.1) is 19.3 Å². The molecule has 0 aliphatic carbocycles. The lowest BCUT2D eigenvalue weighted by Gasteiger charge is -2.47. The summed E-state index contributed by atoms with van der Waals surface area (Å²) in [5.41, 5.74) is 5.55. The first-order valence-electron chi connectivity index (χ1n) is 10.2. The molecule has 0 unspecified atom stereocenters. The predicted octanol–water partition coefficient (Wildman–Crippen LogP) is -5.43. The second-order valence-corrected chi connectivity index (χ2v) is 7.95. The van der Waals surface area contributed by atoms with Gasteiger partial charge in [-0.05, 0) is 6.92 Å². The van der Waals surface area contributed by atoms with E-state index < -0.39 is 98.6 Å². The summed E-state index contributed by atoms with van der Waals surface area (Å²) in [4.78, 5) is 23.0. The first kappa shape index (κ1) is 27.7. The van der Waals surface area contributed by atoms with Crippen LogP contribution in [0.5, 0.6) is 0 Å². The van der Waals surface area contributed by atoms with Gasteiger partial charge in [0, 0.05) is 6.92 Å². The topological polar surface area (TPSA) is 251 Å². The van der Waals surface area contributed by atoms with Crippen molar-refractivity contribution in [3.05, 3.63) is 0 Å². The van der Waals surface area contributed by atoms with Crippen LogP contribution in [0.25, 0.3) is 0 Å². The van der Waals surface area contributed by atoms with Crippen LogP contribution < -0.4 is 11.1 Å². The third-order valence-electron chi connectivity index (χ3n) is 5.50. The second kappa shape index (κ2) is 11.8. The van der Waals surface area contributed by atoms with E-state index in [4.69, 9.17) is 29.8 Å². The van der Waals surface area contributed by atoms with Crippen LogP contribution in [0.4, 0.5) is 0 Å². The molecule has 0 aromatic heterocycles. The molecule has 2 saturated heterocycles. The van der Waals surface area contributed by atoms with E-state index in [0.717, 1.165) is 6.92 Å². The Bertz CT molecular complexity index is 667. The maximum absolute atomic E-state index is 11.8. The number of aliphatic hydroxyl groups is 6. The molecule has 12 atom stereocenters. The average molecular weight is 484 g/mol. The minimum absolute atomic E-state index is 0.621. The maximum Gasteiger partial charge on any atom is 0.323 e. The van der Waals surface area contributed by atoms with Gasteiger partial charge in [0.2, 0.25) is 5.91 Å². The van der Waals surface area contributed by atoms with E-state index in [1.807, 2.05) is 0 Å². The molecule has 0 radical (unpaired) electrons. The molecule has 2 aliphatic rings. The largest absolute Gasteiger partial charge is 0.480 e. The Morgan fingerprint density at radius 3 is 2.03 bits per heavy atom. The zero-order valence-electron chi connectivity index (χ0n) is 18.0. The summed E-state index contributed by atoms with van der Waals surface area (Å²) in [6, 6.07) is -2.80. The van der Waals surface area contributed by atoms with Gasteiger partial charge in [-0.2, -0.15) is 0 Å². The van der Waals surface area contributed by atoms with Crippen LogP contribution in [0.2, 0.25) is 0 Å². The Kier molecular flexibility index (Phi) is 9.89. The number of carbonyl (C=O) groups is 2. The molecule has 0 aromatic carbocycles. The highest BCUT2D eigenvalue weighted by molar-refractivity contribution is 5.74. The molecule has 33 heavy (non-hydrogen) atoms. The molecular formula is C18H32N2O13. The van der Waals surface area contributed by atoms with Gasteiger partial charge in [0.1, 0.15) is 54.8 Å². The summed E-state index contributed by atoms with van der Waals surface area (Å²) in [5, 5.41) is 71.4. The van der Waals surface area contributed by atoms with E-state index in [2.05, 4.69) is 5.32 Å². The van der Waals surface area contributed by atoms with Crippen molar-refractivity contribution in [1.29, 1.82) is 0 Å². The number of nitrogens with two attached hydrogens (primary N) is 1. The fourth-order valence-electron chi connectivity index (χ4n) is 3.57. The number of carboxylic acid groups (broad SMARTS) is 1. The molecule has 0 saturated carbocycles. The van der Waals surface area contributed by atoms with Crippen molar-refractivity contribution in [2.75, 3.05) is 13.2 Å². The van der Waals surface area contributed by atoms with Crippen molar-refractivity contribution < 1.29 is 64.3 Å².